The van der Waals surface area contributed by atoms with Crippen molar-refractivity contribution in [3.05, 3.63) is 75.4 Å². The van der Waals surface area contributed by atoms with E-state index in [1.165, 1.54) is 10.4 Å². The highest BCUT2D eigenvalue weighted by atomic mass is 32.2. The van der Waals surface area contributed by atoms with E-state index in [9.17, 15) is 4.79 Å². The third-order valence-corrected chi connectivity index (χ3v) is 7.53. The summed E-state index contributed by atoms with van der Waals surface area (Å²) in [4.78, 5) is 20.8. The highest BCUT2D eigenvalue weighted by molar-refractivity contribution is 7.99. The van der Waals surface area contributed by atoms with Crippen molar-refractivity contribution in [3.8, 4) is 17.2 Å². The van der Waals surface area contributed by atoms with E-state index in [1.807, 2.05) is 61.5 Å². The number of fused-ring (bicyclic) bond motifs is 3. The molecule has 164 valence electrons. The molecule has 0 atom stereocenters. The second-order valence-corrected chi connectivity index (χ2v) is 9.66. The standard InChI is InChI=1S/C25H24N2O3S2/c1-2-29-19-13-11-17(12-14-19)27-24(28)22-20-9-6-10-21(20)32-23(22)26-25(27)31-16-15-30-18-7-4-3-5-8-18/h3-5,7-8,11-14H,2,6,9-10,15-16H2,1H3. The molecule has 0 amide bonds. The monoisotopic (exact) mass is 464 g/mol. The summed E-state index contributed by atoms with van der Waals surface area (Å²) in [5.41, 5.74) is 2.02. The molecule has 4 aromatic rings. The Labute approximate surface area is 195 Å². The molecule has 32 heavy (non-hydrogen) atoms. The van der Waals surface area contributed by atoms with Gasteiger partial charge in [-0.3, -0.25) is 9.36 Å². The van der Waals surface area contributed by atoms with Gasteiger partial charge in [-0.15, -0.1) is 11.3 Å². The normalized spacial score (nSPS) is 12.8. The lowest BCUT2D eigenvalue weighted by Crippen LogP contribution is -2.22. The number of ether oxygens (including phenoxy) is 2. The summed E-state index contributed by atoms with van der Waals surface area (Å²) in [6.07, 6.45) is 3.13. The Bertz CT molecular complexity index is 1280. The van der Waals surface area contributed by atoms with Crippen LogP contribution < -0.4 is 15.0 Å². The molecule has 2 heterocycles. The smallest absolute Gasteiger partial charge is 0.267 e. The van der Waals surface area contributed by atoms with Crippen LogP contribution in [-0.2, 0) is 12.8 Å². The van der Waals surface area contributed by atoms with E-state index in [0.29, 0.717) is 24.1 Å². The minimum Gasteiger partial charge on any atom is -0.494 e. The molecule has 0 N–H and O–H groups in total. The molecule has 0 aliphatic heterocycles. The van der Waals surface area contributed by atoms with Crippen molar-refractivity contribution < 1.29 is 9.47 Å². The van der Waals surface area contributed by atoms with Crippen LogP contribution in [0.15, 0.2) is 64.5 Å². The molecule has 1 aliphatic rings. The number of hydrogen-bond donors (Lipinski definition) is 0. The number of nitrogens with zero attached hydrogens (tertiary/aromatic N) is 2. The van der Waals surface area contributed by atoms with Crippen LogP contribution in [0.5, 0.6) is 11.5 Å². The Balaban J connectivity index is 1.48. The average Bonchev–Trinajstić information content (AvgIpc) is 3.40. The molecule has 0 unspecified atom stereocenters. The number of thioether (sulfide) groups is 1. The first-order chi connectivity index (χ1) is 15.7. The lowest BCUT2D eigenvalue weighted by Gasteiger charge is -2.13. The molecule has 5 rings (SSSR count). The Morgan fingerprint density at radius 3 is 2.59 bits per heavy atom. The van der Waals surface area contributed by atoms with Crippen LogP contribution in [0.4, 0.5) is 0 Å². The fourth-order valence-electron chi connectivity index (χ4n) is 4.02. The van der Waals surface area contributed by atoms with Gasteiger partial charge in [-0.2, -0.15) is 0 Å². The Morgan fingerprint density at radius 1 is 1.03 bits per heavy atom. The van der Waals surface area contributed by atoms with Gasteiger partial charge in [0.05, 0.1) is 24.3 Å². The summed E-state index contributed by atoms with van der Waals surface area (Å²) in [5.74, 6) is 2.32. The molecule has 0 bridgehead atoms. The summed E-state index contributed by atoms with van der Waals surface area (Å²) in [7, 11) is 0. The Kier molecular flexibility index (Phi) is 6.19. The zero-order valence-corrected chi connectivity index (χ0v) is 19.5. The van der Waals surface area contributed by atoms with Gasteiger partial charge in [0, 0.05) is 10.6 Å². The predicted molar refractivity (Wildman–Crippen MR) is 131 cm³/mol. The van der Waals surface area contributed by atoms with Gasteiger partial charge in [0.2, 0.25) is 0 Å². The number of aryl methyl sites for hydroxylation is 2. The number of thiophene rings is 1. The molecule has 0 saturated carbocycles. The van der Waals surface area contributed by atoms with Gasteiger partial charge in [-0.05, 0) is 68.1 Å². The molecule has 2 aromatic carbocycles. The average molecular weight is 465 g/mol. The summed E-state index contributed by atoms with van der Waals surface area (Å²) < 4.78 is 13.2. The van der Waals surface area contributed by atoms with Crippen LogP contribution >= 0.6 is 23.1 Å². The summed E-state index contributed by atoms with van der Waals surface area (Å²) in [5, 5.41) is 1.49. The number of aromatic nitrogens is 2. The first-order valence-corrected chi connectivity index (χ1v) is 12.7. The second-order valence-electron chi connectivity index (χ2n) is 7.51. The van der Waals surface area contributed by atoms with Gasteiger partial charge in [-0.1, -0.05) is 30.0 Å². The van der Waals surface area contributed by atoms with Gasteiger partial charge < -0.3 is 9.47 Å². The van der Waals surface area contributed by atoms with E-state index in [2.05, 4.69) is 0 Å². The quantitative estimate of drug-likeness (QED) is 0.196. The topological polar surface area (TPSA) is 53.4 Å². The molecule has 0 radical (unpaired) electrons. The Hall–Kier alpha value is -2.77. The lowest BCUT2D eigenvalue weighted by molar-refractivity contribution is 0.340. The van der Waals surface area contributed by atoms with Gasteiger partial charge in [-0.25, -0.2) is 4.98 Å². The fourth-order valence-corrected chi connectivity index (χ4v) is 6.15. The van der Waals surface area contributed by atoms with Crippen LogP contribution in [0.2, 0.25) is 0 Å². The second kappa shape index (κ2) is 9.38. The largest absolute Gasteiger partial charge is 0.494 e. The molecule has 0 saturated heterocycles. The van der Waals surface area contributed by atoms with Crippen molar-refractivity contribution in [2.75, 3.05) is 19.0 Å². The summed E-state index contributed by atoms with van der Waals surface area (Å²) >= 11 is 3.22. The third-order valence-electron chi connectivity index (χ3n) is 5.44. The van der Waals surface area contributed by atoms with E-state index in [0.717, 1.165) is 46.7 Å². The first-order valence-electron chi connectivity index (χ1n) is 10.9. The fraction of sp³-hybridized carbons (Fsp3) is 0.280. The maximum atomic E-state index is 13.7. The molecule has 5 nitrogen and oxygen atoms in total. The predicted octanol–water partition coefficient (Wildman–Crippen LogP) is 5.51. The van der Waals surface area contributed by atoms with E-state index < -0.39 is 0 Å². The first kappa shape index (κ1) is 21.1. The van der Waals surface area contributed by atoms with E-state index in [4.69, 9.17) is 14.5 Å². The number of benzene rings is 2. The minimum absolute atomic E-state index is 0.0186. The van der Waals surface area contributed by atoms with Crippen molar-refractivity contribution in [2.24, 2.45) is 0 Å². The van der Waals surface area contributed by atoms with Crippen LogP contribution in [0.3, 0.4) is 0 Å². The molecular weight excluding hydrogens is 440 g/mol. The van der Waals surface area contributed by atoms with Gasteiger partial charge >= 0.3 is 0 Å². The third kappa shape index (κ3) is 4.14. The molecule has 7 heteroatoms. The van der Waals surface area contributed by atoms with Crippen LogP contribution in [-0.4, -0.2) is 28.5 Å². The van der Waals surface area contributed by atoms with Crippen LogP contribution in [0.25, 0.3) is 15.9 Å². The zero-order chi connectivity index (χ0) is 21.9. The number of hydrogen-bond acceptors (Lipinski definition) is 6. The number of rotatable bonds is 8. The van der Waals surface area contributed by atoms with Gasteiger partial charge in [0.1, 0.15) is 16.3 Å². The SMILES string of the molecule is CCOc1ccc(-n2c(SCCOc3ccccc3)nc3sc4c(c3c2=O)CCC4)cc1. The van der Waals surface area contributed by atoms with E-state index in [-0.39, 0.29) is 5.56 Å². The van der Waals surface area contributed by atoms with E-state index in [1.54, 1.807) is 27.7 Å². The molecule has 1 aliphatic carbocycles. The molecular formula is C25H24N2O3S2. The van der Waals surface area contributed by atoms with Crippen LogP contribution in [0, 0.1) is 0 Å². The maximum Gasteiger partial charge on any atom is 0.267 e. The Morgan fingerprint density at radius 2 is 1.81 bits per heavy atom. The zero-order valence-electron chi connectivity index (χ0n) is 17.9. The molecule has 0 spiro atoms. The highest BCUT2D eigenvalue weighted by Crippen LogP contribution is 2.36. The number of para-hydroxylation sites is 1. The van der Waals surface area contributed by atoms with Crippen molar-refractivity contribution in [1.82, 2.24) is 9.55 Å². The van der Waals surface area contributed by atoms with Crippen molar-refractivity contribution >= 4 is 33.3 Å². The maximum absolute atomic E-state index is 13.7. The van der Waals surface area contributed by atoms with Gasteiger partial charge in [0.15, 0.2) is 5.16 Å². The lowest BCUT2D eigenvalue weighted by atomic mass is 10.2. The summed E-state index contributed by atoms with van der Waals surface area (Å²) in [6, 6.07) is 17.4. The molecule has 2 aromatic heterocycles. The van der Waals surface area contributed by atoms with Crippen molar-refractivity contribution in [3.63, 3.8) is 0 Å². The molecule has 0 fully saturated rings. The van der Waals surface area contributed by atoms with Gasteiger partial charge in [0.25, 0.3) is 5.56 Å². The summed E-state index contributed by atoms with van der Waals surface area (Å²) in [6.45, 7) is 3.10. The van der Waals surface area contributed by atoms with E-state index >= 15 is 0 Å². The van der Waals surface area contributed by atoms with Crippen LogP contribution in [0.1, 0.15) is 23.8 Å². The highest BCUT2D eigenvalue weighted by Gasteiger charge is 2.24. The minimum atomic E-state index is 0.0186. The van der Waals surface area contributed by atoms with Crippen molar-refractivity contribution in [2.45, 2.75) is 31.3 Å². The van der Waals surface area contributed by atoms with Crippen molar-refractivity contribution in [1.29, 1.82) is 0 Å².